The highest BCUT2D eigenvalue weighted by Gasteiger charge is 2.25. The third-order valence-electron chi connectivity index (χ3n) is 3.83. The van der Waals surface area contributed by atoms with Crippen molar-refractivity contribution in [1.29, 1.82) is 0 Å². The van der Waals surface area contributed by atoms with E-state index in [9.17, 15) is 0 Å². The van der Waals surface area contributed by atoms with Gasteiger partial charge in [0.25, 0.3) is 0 Å². The summed E-state index contributed by atoms with van der Waals surface area (Å²) >= 11 is 7.66. The molecule has 2 aromatic heterocycles. The first-order valence-corrected chi connectivity index (χ1v) is 7.80. The second-order valence-corrected chi connectivity index (χ2v) is 6.18. The van der Waals surface area contributed by atoms with Gasteiger partial charge in [0.15, 0.2) is 0 Å². The molecule has 0 radical (unpaired) electrons. The fourth-order valence-electron chi connectivity index (χ4n) is 2.63. The average Bonchev–Trinajstić information content (AvgIpc) is 2.86. The van der Waals surface area contributed by atoms with E-state index >= 15 is 0 Å². The van der Waals surface area contributed by atoms with Crippen molar-refractivity contribution in [2.75, 3.05) is 31.6 Å². The van der Waals surface area contributed by atoms with Crippen molar-refractivity contribution >= 4 is 39.0 Å². The Morgan fingerprint density at radius 1 is 1.42 bits per heavy atom. The monoisotopic (exact) mass is 296 g/mol. The van der Waals surface area contributed by atoms with Crippen LogP contribution in [-0.2, 0) is 0 Å². The summed E-state index contributed by atoms with van der Waals surface area (Å²) in [6, 6.07) is 2.67. The summed E-state index contributed by atoms with van der Waals surface area (Å²) in [7, 11) is 2.19. The summed E-state index contributed by atoms with van der Waals surface area (Å²) in [5, 5.41) is 3.51. The van der Waals surface area contributed by atoms with E-state index in [1.165, 1.54) is 0 Å². The van der Waals surface area contributed by atoms with Gasteiger partial charge in [-0.3, -0.25) is 4.90 Å². The van der Waals surface area contributed by atoms with Crippen LogP contribution in [0, 0.1) is 0 Å². The lowest BCUT2D eigenvalue weighted by Gasteiger charge is -2.39. The minimum atomic E-state index is 0.344. The van der Waals surface area contributed by atoms with Crippen LogP contribution in [0.4, 0.5) is 5.82 Å². The van der Waals surface area contributed by atoms with Crippen LogP contribution in [0.3, 0.4) is 0 Å². The van der Waals surface area contributed by atoms with E-state index in [1.54, 1.807) is 11.3 Å². The molecule has 1 aliphatic heterocycles. The van der Waals surface area contributed by atoms with Gasteiger partial charge in [-0.15, -0.1) is 11.3 Å². The fourth-order valence-corrected chi connectivity index (χ4v) is 3.61. The molecule has 19 heavy (non-hydrogen) atoms. The van der Waals surface area contributed by atoms with E-state index in [0.717, 1.165) is 42.1 Å². The summed E-state index contributed by atoms with van der Waals surface area (Å²) in [6.45, 7) is 5.29. The Bertz CT molecular complexity index is 585. The SMILES string of the molecule is CCC1CN(c2nc(Cl)nc3sccc23)CCN1C. The molecule has 6 heteroatoms. The molecule has 2 aromatic rings. The maximum absolute atomic E-state index is 6.05. The van der Waals surface area contributed by atoms with Gasteiger partial charge in [0, 0.05) is 25.7 Å². The molecular weight excluding hydrogens is 280 g/mol. The molecule has 0 amide bonds. The molecule has 102 valence electrons. The maximum atomic E-state index is 6.05. The van der Waals surface area contributed by atoms with Crippen LogP contribution in [0.2, 0.25) is 5.28 Å². The molecule has 0 aromatic carbocycles. The molecule has 0 aliphatic carbocycles. The van der Waals surface area contributed by atoms with E-state index < -0.39 is 0 Å². The predicted octanol–water partition coefficient (Wildman–Crippen LogP) is 2.88. The Morgan fingerprint density at radius 3 is 3.05 bits per heavy atom. The van der Waals surface area contributed by atoms with Crippen molar-refractivity contribution in [2.45, 2.75) is 19.4 Å². The molecule has 0 spiro atoms. The van der Waals surface area contributed by atoms with Gasteiger partial charge < -0.3 is 4.90 Å². The number of likely N-dealkylation sites (N-methyl/N-ethyl adjacent to an activating group) is 1. The van der Waals surface area contributed by atoms with Crippen molar-refractivity contribution in [1.82, 2.24) is 14.9 Å². The normalized spacial score (nSPS) is 21.2. The molecule has 1 atom stereocenters. The van der Waals surface area contributed by atoms with Crippen LogP contribution in [-0.4, -0.2) is 47.6 Å². The number of hydrogen-bond acceptors (Lipinski definition) is 5. The highest BCUT2D eigenvalue weighted by molar-refractivity contribution is 7.16. The number of halogens is 1. The first-order valence-electron chi connectivity index (χ1n) is 6.55. The van der Waals surface area contributed by atoms with Crippen molar-refractivity contribution in [2.24, 2.45) is 0 Å². The first-order chi connectivity index (χ1) is 9.19. The lowest BCUT2D eigenvalue weighted by molar-refractivity contribution is 0.213. The molecule has 1 unspecified atom stereocenters. The zero-order chi connectivity index (χ0) is 13.4. The van der Waals surface area contributed by atoms with Crippen LogP contribution < -0.4 is 4.90 Å². The molecule has 0 bridgehead atoms. The summed E-state index contributed by atoms with van der Waals surface area (Å²) in [5.41, 5.74) is 0. The molecule has 0 N–H and O–H groups in total. The third kappa shape index (κ3) is 2.42. The van der Waals surface area contributed by atoms with Crippen LogP contribution in [0.1, 0.15) is 13.3 Å². The zero-order valence-corrected chi connectivity index (χ0v) is 12.7. The largest absolute Gasteiger partial charge is 0.353 e. The smallest absolute Gasteiger partial charge is 0.225 e. The van der Waals surface area contributed by atoms with Gasteiger partial charge in [-0.2, -0.15) is 4.98 Å². The minimum Gasteiger partial charge on any atom is -0.353 e. The molecule has 3 heterocycles. The van der Waals surface area contributed by atoms with Crippen LogP contribution in [0.5, 0.6) is 0 Å². The molecule has 1 saturated heterocycles. The maximum Gasteiger partial charge on any atom is 0.225 e. The lowest BCUT2D eigenvalue weighted by atomic mass is 10.1. The zero-order valence-electron chi connectivity index (χ0n) is 11.1. The Kier molecular flexibility index (Phi) is 3.60. The highest BCUT2D eigenvalue weighted by atomic mass is 35.5. The van der Waals surface area contributed by atoms with Crippen molar-refractivity contribution < 1.29 is 0 Å². The van der Waals surface area contributed by atoms with Crippen molar-refractivity contribution in [3.05, 3.63) is 16.7 Å². The van der Waals surface area contributed by atoms with E-state index in [4.69, 9.17) is 11.6 Å². The topological polar surface area (TPSA) is 32.3 Å². The van der Waals surface area contributed by atoms with Crippen molar-refractivity contribution in [3.8, 4) is 0 Å². The second-order valence-electron chi connectivity index (χ2n) is 4.94. The van der Waals surface area contributed by atoms with Gasteiger partial charge >= 0.3 is 0 Å². The van der Waals surface area contributed by atoms with E-state index in [1.807, 2.05) is 5.38 Å². The summed E-state index contributed by atoms with van der Waals surface area (Å²) in [4.78, 5) is 14.5. The van der Waals surface area contributed by atoms with Gasteiger partial charge in [-0.05, 0) is 36.5 Å². The molecule has 0 saturated carbocycles. The minimum absolute atomic E-state index is 0.344. The van der Waals surface area contributed by atoms with E-state index in [2.05, 4.69) is 39.8 Å². The average molecular weight is 297 g/mol. The Balaban J connectivity index is 1.97. The van der Waals surface area contributed by atoms with Gasteiger partial charge in [-0.1, -0.05) is 6.92 Å². The van der Waals surface area contributed by atoms with Gasteiger partial charge in [0.05, 0.1) is 5.39 Å². The number of rotatable bonds is 2. The fraction of sp³-hybridized carbons (Fsp3) is 0.538. The number of piperazine rings is 1. The molecule has 3 rings (SSSR count). The summed E-state index contributed by atoms with van der Waals surface area (Å²) < 4.78 is 0. The first kappa shape index (κ1) is 13.1. The van der Waals surface area contributed by atoms with Gasteiger partial charge in [0.1, 0.15) is 10.6 Å². The Hall–Kier alpha value is -0.910. The Morgan fingerprint density at radius 2 is 2.26 bits per heavy atom. The number of hydrogen-bond donors (Lipinski definition) is 0. The standard InChI is InChI=1S/C13H17ClN4S/c1-3-9-8-18(6-5-17(9)2)11-10-4-7-19-12(10)16-13(14)15-11/h4,7,9H,3,5-6,8H2,1-2H3. The van der Waals surface area contributed by atoms with Crippen LogP contribution >= 0.6 is 22.9 Å². The quantitative estimate of drug-likeness (QED) is 0.798. The Labute approximate surface area is 122 Å². The number of fused-ring (bicyclic) bond motifs is 1. The summed E-state index contributed by atoms with van der Waals surface area (Å²) in [6.07, 6.45) is 1.15. The number of anilines is 1. The number of nitrogens with zero attached hydrogens (tertiary/aromatic N) is 4. The molecule has 1 aliphatic rings. The second kappa shape index (κ2) is 5.23. The van der Waals surface area contributed by atoms with Gasteiger partial charge in [0.2, 0.25) is 5.28 Å². The van der Waals surface area contributed by atoms with Crippen LogP contribution in [0.25, 0.3) is 10.2 Å². The number of aromatic nitrogens is 2. The van der Waals surface area contributed by atoms with Crippen LogP contribution in [0.15, 0.2) is 11.4 Å². The van der Waals surface area contributed by atoms with Gasteiger partial charge in [-0.25, -0.2) is 4.98 Å². The molecule has 4 nitrogen and oxygen atoms in total. The van der Waals surface area contributed by atoms with Crippen molar-refractivity contribution in [3.63, 3.8) is 0 Å². The molecule has 1 fully saturated rings. The number of thiophene rings is 1. The summed E-state index contributed by atoms with van der Waals surface area (Å²) in [5.74, 6) is 0.989. The molecular formula is C13H17ClN4S. The van der Waals surface area contributed by atoms with E-state index in [-0.39, 0.29) is 0 Å². The predicted molar refractivity (Wildman–Crippen MR) is 81.3 cm³/mol. The third-order valence-corrected chi connectivity index (χ3v) is 4.80. The highest BCUT2D eigenvalue weighted by Crippen LogP contribution is 2.30. The lowest BCUT2D eigenvalue weighted by Crippen LogP contribution is -2.51. The van der Waals surface area contributed by atoms with E-state index in [0.29, 0.717) is 11.3 Å².